The Hall–Kier alpha value is -4.42. The molecule has 0 amide bonds. The van der Waals surface area contributed by atoms with Crippen LogP contribution in [0.25, 0.3) is 10.9 Å². The molecule has 5 nitrogen and oxygen atoms in total. The molecule has 0 unspecified atom stereocenters. The lowest BCUT2D eigenvalue weighted by molar-refractivity contribution is 0.0702. The van der Waals surface area contributed by atoms with Gasteiger partial charge in [0.2, 0.25) is 34.8 Å². The summed E-state index contributed by atoms with van der Waals surface area (Å²) in [5.74, 6) is -21.1. The number of carbonyl (C=O) groups excluding carboxylic acids is 2. The molecule has 0 bridgehead atoms. The molecule has 0 radical (unpaired) electrons. The summed E-state index contributed by atoms with van der Waals surface area (Å²) in [6.07, 6.45) is 0. The quantitative estimate of drug-likeness (QED) is 0.151. The molecule has 0 saturated heterocycles. The largest absolute Gasteiger partial charge is 0.416 e. The highest BCUT2D eigenvalue weighted by atomic mass is 19.2. The molecule has 0 aliphatic heterocycles. The van der Waals surface area contributed by atoms with Gasteiger partial charge in [0.1, 0.15) is 5.69 Å². The first-order chi connectivity index (χ1) is 16.9. The molecule has 0 aliphatic carbocycles. The minimum Gasteiger partial charge on any atom is -0.416 e. The second-order valence-electron chi connectivity index (χ2n) is 7.24. The predicted octanol–water partition coefficient (Wildman–Crippen LogP) is 5.73. The van der Waals surface area contributed by atoms with E-state index in [1.54, 1.807) is 0 Å². The molecule has 36 heavy (non-hydrogen) atoms. The summed E-state index contributed by atoms with van der Waals surface area (Å²) < 4.78 is 119. The van der Waals surface area contributed by atoms with Crippen LogP contribution in [0.1, 0.15) is 20.8 Å². The second kappa shape index (κ2) is 8.98. The van der Waals surface area contributed by atoms with Gasteiger partial charge in [-0.25, -0.2) is 27.2 Å². The highest BCUT2D eigenvalue weighted by Gasteiger charge is 2.26. The molecule has 0 saturated carbocycles. The van der Waals surface area contributed by atoms with Gasteiger partial charge >= 0.3 is 11.9 Å². The van der Waals surface area contributed by atoms with Crippen LogP contribution in [-0.4, -0.2) is 16.5 Å². The maximum absolute atomic E-state index is 13.8. The Labute approximate surface area is 195 Å². The van der Waals surface area contributed by atoms with E-state index < -0.39 is 70.0 Å². The maximum Gasteiger partial charge on any atom is 0.360 e. The van der Waals surface area contributed by atoms with Crippen molar-refractivity contribution in [2.75, 3.05) is 0 Å². The number of aryl methyl sites for hydroxylation is 1. The van der Waals surface area contributed by atoms with Gasteiger partial charge in [-0.2, -0.15) is 17.6 Å². The topological polar surface area (TPSA) is 57.5 Å². The molecule has 0 spiro atoms. The van der Waals surface area contributed by atoms with E-state index in [-0.39, 0.29) is 34.3 Å². The molecule has 186 valence electrons. The molecule has 4 rings (SSSR count). The van der Waals surface area contributed by atoms with Crippen molar-refractivity contribution in [2.24, 2.45) is 7.05 Å². The lowest BCUT2D eigenvalue weighted by Crippen LogP contribution is -2.15. The Morgan fingerprint density at radius 2 is 1.08 bits per heavy atom. The number of aromatic nitrogens is 1. The molecule has 1 aromatic heterocycles. The third-order valence-corrected chi connectivity index (χ3v) is 5.02. The van der Waals surface area contributed by atoms with Gasteiger partial charge < -0.3 is 14.0 Å². The van der Waals surface area contributed by atoms with Crippen LogP contribution in [0.5, 0.6) is 11.5 Å². The van der Waals surface area contributed by atoms with Crippen molar-refractivity contribution in [3.8, 4) is 11.5 Å². The van der Waals surface area contributed by atoms with Gasteiger partial charge in [0.05, 0.1) is 5.56 Å². The van der Waals surface area contributed by atoms with Crippen LogP contribution < -0.4 is 9.47 Å². The first kappa shape index (κ1) is 24.7. The second-order valence-corrected chi connectivity index (χ2v) is 7.24. The van der Waals surface area contributed by atoms with Crippen LogP contribution in [0.3, 0.4) is 0 Å². The van der Waals surface area contributed by atoms with E-state index in [2.05, 4.69) is 9.47 Å². The van der Waals surface area contributed by atoms with Crippen molar-refractivity contribution in [1.82, 2.24) is 4.57 Å². The maximum atomic E-state index is 13.8. The number of hydrogen-bond donors (Lipinski definition) is 0. The first-order valence-corrected chi connectivity index (χ1v) is 9.60. The van der Waals surface area contributed by atoms with Crippen LogP contribution in [0, 0.1) is 46.5 Å². The summed E-state index contributed by atoms with van der Waals surface area (Å²) in [6.45, 7) is 0. The first-order valence-electron chi connectivity index (χ1n) is 9.60. The molecule has 3 aromatic carbocycles. The number of rotatable bonds is 4. The molecule has 0 atom stereocenters. The lowest BCUT2D eigenvalue weighted by atomic mass is 10.1. The molecule has 0 aliphatic rings. The smallest absolute Gasteiger partial charge is 0.360 e. The molecular weight excluding hydrogens is 506 g/mol. The Morgan fingerprint density at radius 3 is 1.56 bits per heavy atom. The number of hydrogen-bond acceptors (Lipinski definition) is 4. The standard InChI is InChI=1S/C23H9F8NO4/c1-32-14-3-2-8(22(33)35-20-16(28)10(24)6-11(25)17(20)29)4-9(14)5-15(32)23(34)36-21-18(30)12(26)7-13(27)19(21)31/h2-7H,1H3. The third kappa shape index (κ3) is 4.12. The van der Waals surface area contributed by atoms with Gasteiger partial charge in [0, 0.05) is 30.1 Å². The van der Waals surface area contributed by atoms with E-state index >= 15 is 0 Å². The number of esters is 2. The van der Waals surface area contributed by atoms with Gasteiger partial charge in [-0.3, -0.25) is 0 Å². The molecular formula is C23H9F8NO4. The van der Waals surface area contributed by atoms with Crippen molar-refractivity contribution in [3.05, 3.63) is 94.2 Å². The number of ether oxygens (including phenoxy) is 2. The monoisotopic (exact) mass is 515 g/mol. The Balaban J connectivity index is 1.66. The van der Waals surface area contributed by atoms with Gasteiger partial charge in [0.25, 0.3) is 0 Å². The average Bonchev–Trinajstić information content (AvgIpc) is 3.17. The zero-order chi connectivity index (χ0) is 26.5. The van der Waals surface area contributed by atoms with Crippen LogP contribution in [0.4, 0.5) is 35.1 Å². The number of benzene rings is 3. The summed E-state index contributed by atoms with van der Waals surface area (Å²) in [5, 5.41) is 0.0941. The van der Waals surface area contributed by atoms with Crippen molar-refractivity contribution >= 4 is 22.8 Å². The van der Waals surface area contributed by atoms with E-state index in [9.17, 15) is 44.7 Å². The highest BCUT2D eigenvalue weighted by molar-refractivity contribution is 6.00. The van der Waals surface area contributed by atoms with Gasteiger partial charge in [-0.1, -0.05) is 0 Å². The minimum absolute atomic E-state index is 0.0740. The van der Waals surface area contributed by atoms with Crippen LogP contribution in [0.15, 0.2) is 36.4 Å². The molecule has 0 fully saturated rings. The summed E-state index contributed by atoms with van der Waals surface area (Å²) in [7, 11) is 1.30. The fourth-order valence-corrected chi connectivity index (χ4v) is 3.25. The zero-order valence-corrected chi connectivity index (χ0v) is 17.6. The Morgan fingerprint density at radius 1 is 0.639 bits per heavy atom. The normalized spacial score (nSPS) is 11.1. The molecule has 0 N–H and O–H groups in total. The number of nitrogens with zero attached hydrogens (tertiary/aromatic N) is 1. The van der Waals surface area contributed by atoms with Gasteiger partial charge in [-0.05, 0) is 24.3 Å². The highest BCUT2D eigenvalue weighted by Crippen LogP contribution is 2.30. The zero-order valence-electron chi connectivity index (χ0n) is 17.6. The van der Waals surface area contributed by atoms with E-state index in [1.807, 2.05) is 0 Å². The van der Waals surface area contributed by atoms with Crippen LogP contribution in [0.2, 0.25) is 0 Å². The van der Waals surface area contributed by atoms with E-state index in [4.69, 9.17) is 0 Å². The molecule has 4 aromatic rings. The van der Waals surface area contributed by atoms with Crippen LogP contribution in [-0.2, 0) is 7.05 Å². The average molecular weight is 515 g/mol. The Bertz CT molecular complexity index is 1530. The predicted molar refractivity (Wildman–Crippen MR) is 105 cm³/mol. The van der Waals surface area contributed by atoms with Gasteiger partial charge in [-0.15, -0.1) is 0 Å². The van der Waals surface area contributed by atoms with Crippen molar-refractivity contribution in [2.45, 2.75) is 0 Å². The van der Waals surface area contributed by atoms with Crippen molar-refractivity contribution in [3.63, 3.8) is 0 Å². The summed E-state index contributed by atoms with van der Waals surface area (Å²) in [5.41, 5.74) is -0.539. The lowest BCUT2D eigenvalue weighted by Gasteiger charge is -2.09. The molecule has 13 heteroatoms. The Kier molecular flexibility index (Phi) is 6.16. The SMILES string of the molecule is Cn1c(C(=O)Oc2c(F)c(F)cc(F)c2F)cc2cc(C(=O)Oc3c(F)c(F)cc(F)c3F)ccc21. The third-order valence-electron chi connectivity index (χ3n) is 5.02. The van der Waals surface area contributed by atoms with E-state index in [0.29, 0.717) is 0 Å². The summed E-state index contributed by atoms with van der Waals surface area (Å²) >= 11 is 0. The number of carbonyl (C=O) groups is 2. The molecule has 1 heterocycles. The number of fused-ring (bicyclic) bond motifs is 1. The summed E-state index contributed by atoms with van der Waals surface area (Å²) in [6, 6.07) is 4.27. The van der Waals surface area contributed by atoms with E-state index in [0.717, 1.165) is 22.8 Å². The van der Waals surface area contributed by atoms with E-state index in [1.165, 1.54) is 13.1 Å². The minimum atomic E-state index is -1.95. The van der Waals surface area contributed by atoms with Crippen LogP contribution >= 0.6 is 0 Å². The number of halogens is 8. The fourth-order valence-electron chi connectivity index (χ4n) is 3.25. The van der Waals surface area contributed by atoms with Crippen molar-refractivity contribution < 1.29 is 54.2 Å². The summed E-state index contributed by atoms with van der Waals surface area (Å²) in [4.78, 5) is 24.8. The van der Waals surface area contributed by atoms with Gasteiger partial charge in [0.15, 0.2) is 23.3 Å². The fraction of sp³-hybridized carbons (Fsp3) is 0.0435. The van der Waals surface area contributed by atoms with Crippen molar-refractivity contribution in [1.29, 1.82) is 0 Å².